The van der Waals surface area contributed by atoms with E-state index in [1.165, 1.54) is 25.6 Å². The fourth-order valence-electron chi connectivity index (χ4n) is 6.50. The summed E-state index contributed by atoms with van der Waals surface area (Å²) in [4.78, 5) is 30.5. The molecule has 0 bridgehead atoms. The van der Waals surface area contributed by atoms with Gasteiger partial charge in [-0.05, 0) is 92.3 Å². The molecule has 292 valence electrons. The first-order valence-electron chi connectivity index (χ1n) is 19.3. The Kier molecular flexibility index (Phi) is 11.7. The van der Waals surface area contributed by atoms with Crippen molar-refractivity contribution < 1.29 is 13.6 Å². The van der Waals surface area contributed by atoms with E-state index in [1.807, 2.05) is 66.7 Å². The van der Waals surface area contributed by atoms with Crippen LogP contribution in [0.4, 0.5) is 5.82 Å². The number of hydrogen-bond donors (Lipinski definition) is 3. The number of furan rings is 2. The molecule has 15 nitrogen and oxygen atoms in total. The molecule has 58 heavy (non-hydrogen) atoms. The molecule has 1 fully saturated rings. The molecule has 10 rings (SSSR count). The number of aromatic amines is 2. The van der Waals surface area contributed by atoms with Crippen LogP contribution in [0.25, 0.3) is 67.5 Å². The molecular weight excluding hydrogens is 733 g/mol. The molecule has 0 spiro atoms. The summed E-state index contributed by atoms with van der Waals surface area (Å²) >= 11 is 0. The fourth-order valence-corrected chi connectivity index (χ4v) is 6.50. The van der Waals surface area contributed by atoms with Gasteiger partial charge in [-0.25, -0.2) is 24.9 Å². The monoisotopic (exact) mass is 774 g/mol. The van der Waals surface area contributed by atoms with Crippen LogP contribution in [0.1, 0.15) is 46.0 Å². The summed E-state index contributed by atoms with van der Waals surface area (Å²) in [6, 6.07) is 21.3. The Balaban J connectivity index is 0.000000142. The van der Waals surface area contributed by atoms with Crippen LogP contribution in [0.3, 0.4) is 0 Å². The zero-order valence-electron chi connectivity index (χ0n) is 32.1. The topological polar surface area (TPSA) is 195 Å². The highest BCUT2D eigenvalue weighted by molar-refractivity contribution is 5.94. The molecule has 3 N–H and O–H groups in total. The number of ether oxygens (including phenoxy) is 1. The van der Waals surface area contributed by atoms with Crippen LogP contribution in [-0.2, 0) is 0 Å². The molecule has 0 amide bonds. The van der Waals surface area contributed by atoms with Crippen molar-refractivity contribution >= 4 is 27.9 Å². The molecule has 9 aromatic rings. The van der Waals surface area contributed by atoms with Gasteiger partial charge in [-0.3, -0.25) is 15.2 Å². The van der Waals surface area contributed by atoms with Crippen molar-refractivity contribution in [3.8, 4) is 51.4 Å². The van der Waals surface area contributed by atoms with Gasteiger partial charge < -0.3 is 18.9 Å². The Morgan fingerprint density at radius 2 is 1.48 bits per heavy atom. The Bertz CT molecular complexity index is 2590. The number of H-pyrrole nitrogens is 2. The molecule has 1 saturated carbocycles. The zero-order chi connectivity index (χ0) is 39.5. The van der Waals surface area contributed by atoms with Crippen LogP contribution in [0, 0.1) is 5.92 Å². The lowest BCUT2D eigenvalue weighted by atomic mass is 9.98. The maximum atomic E-state index is 6.04. The summed E-state index contributed by atoms with van der Waals surface area (Å²) in [5, 5.41) is 19.5. The normalized spacial score (nSPS) is 12.8. The van der Waals surface area contributed by atoms with Crippen LogP contribution in [0.2, 0.25) is 0 Å². The number of aromatic nitrogens is 11. The van der Waals surface area contributed by atoms with Crippen LogP contribution < -0.4 is 10.1 Å². The molecule has 0 radical (unpaired) electrons. The number of anilines is 1. The van der Waals surface area contributed by atoms with Crippen molar-refractivity contribution in [2.45, 2.75) is 52.1 Å². The van der Waals surface area contributed by atoms with Crippen LogP contribution in [-0.4, -0.2) is 67.9 Å². The lowest BCUT2D eigenvalue weighted by Crippen LogP contribution is -2.20. The standard InChI is InChI=1S/C20H19N5O2.C18H18N6O.C5H5N/c1-2-5-14(6-3-1)27-20-21-9-8-16(23-20)15-11-13-12-22-25-19(13)24-18(15)17-7-4-10-26-17;1-11(2)9-20-17-13-8-12(14-5-6-19-10-21-14)16(15-4-3-7-25-15)22-18(13)24-23-17;1-2-4-6-5-3-1/h4,7-12,14H,1-3,5-6H2,(H,22,24,25);3-8,10-11H,9H2,1-2H3,(H2,20,22,23,24);1-5H. The van der Waals surface area contributed by atoms with Crippen molar-refractivity contribution in [3.05, 3.63) is 117 Å². The summed E-state index contributed by atoms with van der Waals surface area (Å²) < 4.78 is 17.2. The van der Waals surface area contributed by atoms with E-state index < -0.39 is 0 Å². The predicted molar refractivity (Wildman–Crippen MR) is 220 cm³/mol. The fraction of sp³-hybridized carbons (Fsp3) is 0.233. The molecule has 0 aromatic carbocycles. The van der Waals surface area contributed by atoms with Crippen molar-refractivity contribution in [3.63, 3.8) is 0 Å². The Morgan fingerprint density at radius 1 is 0.741 bits per heavy atom. The number of rotatable bonds is 9. The van der Waals surface area contributed by atoms with Gasteiger partial charge in [0.2, 0.25) is 0 Å². The highest BCUT2D eigenvalue weighted by Crippen LogP contribution is 2.35. The summed E-state index contributed by atoms with van der Waals surface area (Å²) in [5.74, 6) is 2.66. The van der Waals surface area contributed by atoms with Crippen molar-refractivity contribution in [2.24, 2.45) is 5.92 Å². The average Bonchev–Trinajstić information content (AvgIpc) is 4.13. The van der Waals surface area contributed by atoms with Gasteiger partial charge in [-0.2, -0.15) is 15.2 Å². The molecule has 0 atom stereocenters. The Hall–Kier alpha value is -7.29. The van der Waals surface area contributed by atoms with Crippen molar-refractivity contribution in [1.82, 2.24) is 55.3 Å². The van der Waals surface area contributed by atoms with Crippen LogP contribution >= 0.6 is 0 Å². The summed E-state index contributed by atoms with van der Waals surface area (Å²) in [7, 11) is 0. The lowest BCUT2D eigenvalue weighted by molar-refractivity contribution is 0.142. The molecule has 1 aliphatic carbocycles. The average molecular weight is 775 g/mol. The highest BCUT2D eigenvalue weighted by atomic mass is 16.5. The van der Waals surface area contributed by atoms with E-state index in [2.05, 4.69) is 69.5 Å². The SMILES string of the molecule is CC(C)CNc1n[nH]c2nc(-c3ccco3)c(-c3ccncn3)cc12.c1ccncc1.c1coc(-c2nc3[nH]ncc3cc2-c2ccnc(OC3CCCCC3)n2)c1. The minimum Gasteiger partial charge on any atom is -0.463 e. The van der Waals surface area contributed by atoms with Gasteiger partial charge in [0.15, 0.2) is 28.6 Å². The van der Waals surface area contributed by atoms with E-state index in [1.54, 1.807) is 43.5 Å². The van der Waals surface area contributed by atoms with Gasteiger partial charge in [0.25, 0.3) is 0 Å². The number of pyridine rings is 3. The Morgan fingerprint density at radius 3 is 2.14 bits per heavy atom. The molecule has 0 saturated heterocycles. The van der Waals surface area contributed by atoms with E-state index in [-0.39, 0.29) is 6.10 Å². The quantitative estimate of drug-likeness (QED) is 0.126. The third-order valence-corrected chi connectivity index (χ3v) is 9.32. The maximum absolute atomic E-state index is 6.04. The van der Waals surface area contributed by atoms with Crippen LogP contribution in [0.5, 0.6) is 6.01 Å². The van der Waals surface area contributed by atoms with Gasteiger partial charge in [-0.1, -0.05) is 26.3 Å². The maximum Gasteiger partial charge on any atom is 0.317 e. The second-order valence-electron chi connectivity index (χ2n) is 14.0. The molecule has 0 unspecified atom stereocenters. The second-order valence-corrected chi connectivity index (χ2v) is 14.0. The third-order valence-electron chi connectivity index (χ3n) is 9.32. The zero-order valence-corrected chi connectivity index (χ0v) is 32.1. The van der Waals surface area contributed by atoms with Gasteiger partial charge in [-0.15, -0.1) is 0 Å². The van der Waals surface area contributed by atoms with Gasteiger partial charge in [0, 0.05) is 47.8 Å². The first-order valence-corrected chi connectivity index (χ1v) is 19.3. The first kappa shape index (κ1) is 37.6. The van der Waals surface area contributed by atoms with Gasteiger partial charge >= 0.3 is 6.01 Å². The largest absolute Gasteiger partial charge is 0.463 e. The molecule has 15 heteroatoms. The van der Waals surface area contributed by atoms with Gasteiger partial charge in [0.05, 0.1) is 35.5 Å². The number of nitrogens with one attached hydrogen (secondary N) is 3. The summed E-state index contributed by atoms with van der Waals surface area (Å²) in [6.45, 7) is 5.14. The molecule has 9 heterocycles. The smallest absolute Gasteiger partial charge is 0.317 e. The van der Waals surface area contributed by atoms with E-state index in [9.17, 15) is 0 Å². The molecular formula is C43H42N12O3. The van der Waals surface area contributed by atoms with Crippen molar-refractivity contribution in [2.75, 3.05) is 11.9 Å². The van der Waals surface area contributed by atoms with E-state index in [0.717, 1.165) is 64.2 Å². The van der Waals surface area contributed by atoms with E-state index in [4.69, 9.17) is 18.6 Å². The van der Waals surface area contributed by atoms with E-state index >= 15 is 0 Å². The highest BCUT2D eigenvalue weighted by Gasteiger charge is 2.20. The molecule has 9 aromatic heterocycles. The number of nitrogens with zero attached hydrogens (tertiary/aromatic N) is 9. The Labute approximate surface area is 333 Å². The van der Waals surface area contributed by atoms with Gasteiger partial charge in [0.1, 0.15) is 23.8 Å². The minimum absolute atomic E-state index is 0.202. The number of hydrogen-bond acceptors (Lipinski definition) is 13. The third kappa shape index (κ3) is 9.05. The van der Waals surface area contributed by atoms with E-state index in [0.29, 0.717) is 40.4 Å². The minimum atomic E-state index is 0.202. The predicted octanol–water partition coefficient (Wildman–Crippen LogP) is 9.21. The van der Waals surface area contributed by atoms with Crippen molar-refractivity contribution in [1.29, 1.82) is 0 Å². The van der Waals surface area contributed by atoms with Crippen LogP contribution in [0.15, 0.2) is 125 Å². The number of fused-ring (bicyclic) bond motifs is 2. The molecule has 1 aliphatic rings. The summed E-state index contributed by atoms with van der Waals surface area (Å²) in [6.07, 6.45) is 19.5. The first-order chi connectivity index (χ1) is 28.6. The molecule has 0 aliphatic heterocycles. The summed E-state index contributed by atoms with van der Waals surface area (Å²) in [5.41, 5.74) is 6.10. The second kappa shape index (κ2) is 18.1. The lowest BCUT2D eigenvalue weighted by Gasteiger charge is -2.21.